The van der Waals surface area contributed by atoms with Gasteiger partial charge in [0, 0.05) is 6.42 Å². The van der Waals surface area contributed by atoms with Crippen molar-refractivity contribution in [1.82, 2.24) is 0 Å². The Kier molecular flexibility index (Phi) is 6.04. The van der Waals surface area contributed by atoms with E-state index in [2.05, 4.69) is 5.32 Å². The first-order chi connectivity index (χ1) is 14.0. The summed E-state index contributed by atoms with van der Waals surface area (Å²) in [5.74, 6) is -2.17. The number of hydrogen-bond acceptors (Lipinski definition) is 3. The summed E-state index contributed by atoms with van der Waals surface area (Å²) in [5, 5.41) is 2.46. The zero-order valence-electron chi connectivity index (χ0n) is 17.2. The van der Waals surface area contributed by atoms with Gasteiger partial charge in [0.15, 0.2) is 17.7 Å². The van der Waals surface area contributed by atoms with E-state index >= 15 is 4.39 Å². The summed E-state index contributed by atoms with van der Waals surface area (Å²) >= 11 is 6.26. The van der Waals surface area contributed by atoms with E-state index in [4.69, 9.17) is 16.3 Å². The van der Waals surface area contributed by atoms with Gasteiger partial charge < -0.3 is 15.0 Å². The molecule has 1 N–H and O–H groups in total. The fraction of sp³-hybridized carbons (Fsp3) is 0.364. The number of hydrogen-bond donors (Lipinski definition) is 1. The van der Waals surface area contributed by atoms with E-state index < -0.39 is 17.7 Å². The zero-order valence-corrected chi connectivity index (χ0v) is 17.9. The van der Waals surface area contributed by atoms with Crippen LogP contribution in [0.2, 0.25) is 5.02 Å². The fourth-order valence-electron chi connectivity index (χ4n) is 3.18. The number of ether oxygens (including phenoxy) is 1. The summed E-state index contributed by atoms with van der Waals surface area (Å²) in [6, 6.07) is 7.04. The molecular formula is C22H23ClF2N2O3. The summed E-state index contributed by atoms with van der Waals surface area (Å²) in [5.41, 5.74) is 0.334. The molecule has 0 spiro atoms. The maximum atomic E-state index is 15.3. The normalized spacial score (nSPS) is 16.2. The predicted molar refractivity (Wildman–Crippen MR) is 112 cm³/mol. The van der Waals surface area contributed by atoms with Gasteiger partial charge >= 0.3 is 0 Å². The smallest absolute Gasteiger partial charge is 0.268 e. The van der Waals surface area contributed by atoms with Crippen LogP contribution in [0.3, 0.4) is 0 Å². The molecule has 30 heavy (non-hydrogen) atoms. The number of carbonyl (C=O) groups excluding carboxylic acids is 2. The van der Waals surface area contributed by atoms with E-state index in [1.807, 2.05) is 20.8 Å². The zero-order chi connectivity index (χ0) is 22.2. The molecule has 0 fully saturated rings. The number of anilines is 2. The van der Waals surface area contributed by atoms with Crippen molar-refractivity contribution in [2.24, 2.45) is 5.41 Å². The standard InChI is InChI=1S/C22H23ClF2N2O3/c1-12-21(29)27(11-13-5-7-14(24)8-6-13)16-9-15(23)19(18(25)20(16)30-12)26-17(28)10-22(2,3)4/h5-9,12H,10-11H2,1-4H3,(H,26,28). The number of nitrogens with one attached hydrogen (secondary N) is 1. The first kappa shape index (κ1) is 22.0. The summed E-state index contributed by atoms with van der Waals surface area (Å²) in [6.07, 6.45) is -0.765. The van der Waals surface area contributed by atoms with E-state index in [-0.39, 0.29) is 52.3 Å². The third-order valence-electron chi connectivity index (χ3n) is 4.56. The molecule has 0 saturated carbocycles. The Morgan fingerprint density at radius 2 is 1.87 bits per heavy atom. The Bertz CT molecular complexity index is 987. The average molecular weight is 437 g/mol. The largest absolute Gasteiger partial charge is 0.476 e. The average Bonchev–Trinajstić information content (AvgIpc) is 2.64. The van der Waals surface area contributed by atoms with E-state index in [0.717, 1.165) is 0 Å². The highest BCUT2D eigenvalue weighted by molar-refractivity contribution is 6.34. The predicted octanol–water partition coefficient (Wildman–Crippen LogP) is 5.31. The molecule has 160 valence electrons. The molecule has 2 aromatic carbocycles. The van der Waals surface area contributed by atoms with Crippen LogP contribution in [0.15, 0.2) is 30.3 Å². The van der Waals surface area contributed by atoms with Gasteiger partial charge in [0.1, 0.15) is 5.82 Å². The Labute approximate surface area is 179 Å². The van der Waals surface area contributed by atoms with Crippen LogP contribution in [0, 0.1) is 17.0 Å². The molecule has 0 aromatic heterocycles. The number of benzene rings is 2. The van der Waals surface area contributed by atoms with Gasteiger partial charge in [0.25, 0.3) is 5.91 Å². The van der Waals surface area contributed by atoms with Crippen molar-refractivity contribution in [2.45, 2.75) is 46.8 Å². The second kappa shape index (κ2) is 8.22. The van der Waals surface area contributed by atoms with Crippen molar-refractivity contribution in [2.75, 3.05) is 10.2 Å². The lowest BCUT2D eigenvalue weighted by Crippen LogP contribution is -2.44. The first-order valence-electron chi connectivity index (χ1n) is 9.50. The molecule has 1 atom stereocenters. The number of nitrogens with zero attached hydrogens (tertiary/aromatic N) is 1. The molecule has 2 amide bonds. The Hall–Kier alpha value is -2.67. The maximum Gasteiger partial charge on any atom is 0.268 e. The number of rotatable bonds is 4. The van der Waals surface area contributed by atoms with Crippen LogP contribution in [0.4, 0.5) is 20.2 Å². The van der Waals surface area contributed by atoms with Gasteiger partial charge in [-0.25, -0.2) is 8.78 Å². The van der Waals surface area contributed by atoms with E-state index in [0.29, 0.717) is 5.56 Å². The first-order valence-corrected chi connectivity index (χ1v) is 9.88. The van der Waals surface area contributed by atoms with Crippen molar-refractivity contribution >= 4 is 34.8 Å². The lowest BCUT2D eigenvalue weighted by molar-refractivity contribution is -0.125. The van der Waals surface area contributed by atoms with Gasteiger partial charge in [-0.2, -0.15) is 0 Å². The third-order valence-corrected chi connectivity index (χ3v) is 4.86. The minimum Gasteiger partial charge on any atom is -0.476 e. The minimum absolute atomic E-state index is 0.0523. The number of carbonyl (C=O) groups is 2. The molecule has 3 rings (SSSR count). The quantitative estimate of drug-likeness (QED) is 0.706. The molecule has 0 bridgehead atoms. The summed E-state index contributed by atoms with van der Waals surface area (Å²) in [7, 11) is 0. The summed E-state index contributed by atoms with van der Waals surface area (Å²) < 4.78 is 34.0. The monoisotopic (exact) mass is 436 g/mol. The van der Waals surface area contributed by atoms with Crippen LogP contribution < -0.4 is 15.0 Å². The number of fused-ring (bicyclic) bond motifs is 1. The van der Waals surface area contributed by atoms with E-state index in [1.165, 1.54) is 30.0 Å². The van der Waals surface area contributed by atoms with Gasteiger partial charge in [-0.3, -0.25) is 9.59 Å². The van der Waals surface area contributed by atoms with Crippen molar-refractivity contribution in [1.29, 1.82) is 0 Å². The molecule has 1 unspecified atom stereocenters. The van der Waals surface area contributed by atoms with Crippen LogP contribution in [0.5, 0.6) is 5.75 Å². The highest BCUT2D eigenvalue weighted by Crippen LogP contribution is 2.44. The van der Waals surface area contributed by atoms with Crippen LogP contribution in [-0.4, -0.2) is 17.9 Å². The van der Waals surface area contributed by atoms with E-state index in [1.54, 1.807) is 12.1 Å². The fourth-order valence-corrected chi connectivity index (χ4v) is 3.42. The molecule has 2 aromatic rings. The molecule has 1 aliphatic heterocycles. The highest BCUT2D eigenvalue weighted by Gasteiger charge is 2.36. The molecule has 1 aliphatic rings. The molecule has 8 heteroatoms. The van der Waals surface area contributed by atoms with Gasteiger partial charge in [0.2, 0.25) is 5.91 Å². The lowest BCUT2D eigenvalue weighted by atomic mass is 9.92. The van der Waals surface area contributed by atoms with Crippen LogP contribution in [-0.2, 0) is 16.1 Å². The number of halogens is 3. The molecule has 0 aliphatic carbocycles. The lowest BCUT2D eigenvalue weighted by Gasteiger charge is -2.34. The van der Waals surface area contributed by atoms with Crippen molar-refractivity contribution in [3.8, 4) is 5.75 Å². The molecule has 1 heterocycles. The van der Waals surface area contributed by atoms with Gasteiger partial charge in [-0.05, 0) is 36.1 Å². The second-order valence-corrected chi connectivity index (χ2v) is 8.90. The maximum absolute atomic E-state index is 15.3. The minimum atomic E-state index is -0.938. The van der Waals surface area contributed by atoms with Crippen molar-refractivity contribution in [3.63, 3.8) is 0 Å². The Morgan fingerprint density at radius 3 is 2.47 bits per heavy atom. The van der Waals surface area contributed by atoms with Crippen LogP contribution in [0.25, 0.3) is 0 Å². The number of amides is 2. The molecule has 5 nitrogen and oxygen atoms in total. The van der Waals surface area contributed by atoms with E-state index in [9.17, 15) is 14.0 Å². The second-order valence-electron chi connectivity index (χ2n) is 8.49. The van der Waals surface area contributed by atoms with Crippen LogP contribution >= 0.6 is 11.6 Å². The Morgan fingerprint density at radius 1 is 1.23 bits per heavy atom. The van der Waals surface area contributed by atoms with Gasteiger partial charge in [-0.1, -0.05) is 44.5 Å². The topological polar surface area (TPSA) is 58.6 Å². The third kappa shape index (κ3) is 4.73. The van der Waals surface area contributed by atoms with Gasteiger partial charge in [-0.15, -0.1) is 0 Å². The SMILES string of the molecule is CC1Oc2c(cc(Cl)c(NC(=O)CC(C)(C)C)c2F)N(Cc2ccc(F)cc2)C1=O. The molecule has 0 radical (unpaired) electrons. The van der Waals surface area contributed by atoms with Crippen molar-refractivity contribution < 1.29 is 23.1 Å². The molecular weight excluding hydrogens is 414 g/mol. The summed E-state index contributed by atoms with van der Waals surface area (Å²) in [6.45, 7) is 7.27. The van der Waals surface area contributed by atoms with Crippen LogP contribution in [0.1, 0.15) is 39.7 Å². The summed E-state index contributed by atoms with van der Waals surface area (Å²) in [4.78, 5) is 26.3. The van der Waals surface area contributed by atoms with Crippen molar-refractivity contribution in [3.05, 3.63) is 52.6 Å². The molecule has 0 saturated heterocycles. The highest BCUT2D eigenvalue weighted by atomic mass is 35.5. The Balaban J connectivity index is 1.97. The van der Waals surface area contributed by atoms with Gasteiger partial charge in [0.05, 0.1) is 22.9 Å².